The highest BCUT2D eigenvalue weighted by molar-refractivity contribution is 5.86. The molecule has 1 aromatic heterocycles. The van der Waals surface area contributed by atoms with Gasteiger partial charge in [0.05, 0.1) is 17.1 Å². The number of carboxylic acids is 1. The van der Waals surface area contributed by atoms with E-state index in [2.05, 4.69) is 9.97 Å². The van der Waals surface area contributed by atoms with Gasteiger partial charge in [-0.1, -0.05) is 6.42 Å². The van der Waals surface area contributed by atoms with Crippen LogP contribution in [0.4, 0.5) is 0 Å². The Bertz CT molecular complexity index is 402. The van der Waals surface area contributed by atoms with Gasteiger partial charge in [0.2, 0.25) is 0 Å². The van der Waals surface area contributed by atoms with Gasteiger partial charge in [-0.25, -0.2) is 9.78 Å². The van der Waals surface area contributed by atoms with Crippen LogP contribution >= 0.6 is 0 Å². The molecule has 0 radical (unpaired) electrons. The summed E-state index contributed by atoms with van der Waals surface area (Å²) in [7, 11) is 0. The normalized spacial score (nSPS) is 15.5. The first-order chi connectivity index (χ1) is 7.18. The molecule has 80 valence electrons. The molecule has 4 nitrogen and oxygen atoms in total. The fourth-order valence-electron chi connectivity index (χ4n) is 1.96. The van der Waals surface area contributed by atoms with Gasteiger partial charge in [0.1, 0.15) is 0 Å². The second-order valence-corrected chi connectivity index (χ2v) is 3.92. The molecular formula is C11H14N2O2. The zero-order valence-corrected chi connectivity index (χ0v) is 8.79. The maximum absolute atomic E-state index is 10.9. The van der Waals surface area contributed by atoms with Crippen LogP contribution in [0.3, 0.4) is 0 Å². The van der Waals surface area contributed by atoms with Crippen LogP contribution in [0.5, 0.6) is 0 Å². The summed E-state index contributed by atoms with van der Waals surface area (Å²) in [6, 6.07) is 0. The van der Waals surface area contributed by atoms with Gasteiger partial charge < -0.3 is 5.11 Å². The summed E-state index contributed by atoms with van der Waals surface area (Å²) in [5.41, 5.74) is 2.52. The molecule has 0 atom stereocenters. The molecule has 0 amide bonds. The number of nitrogens with zero attached hydrogens (tertiary/aromatic N) is 2. The molecule has 1 N–H and O–H groups in total. The fraction of sp³-hybridized carbons (Fsp3) is 0.545. The molecule has 1 heterocycles. The number of carbonyl (C=O) groups is 1. The molecular weight excluding hydrogens is 192 g/mol. The number of aryl methyl sites for hydroxylation is 3. The van der Waals surface area contributed by atoms with E-state index in [1.54, 1.807) is 6.92 Å². The van der Waals surface area contributed by atoms with E-state index < -0.39 is 5.97 Å². The van der Waals surface area contributed by atoms with Crippen LogP contribution in [0, 0.1) is 6.92 Å². The van der Waals surface area contributed by atoms with Crippen molar-refractivity contribution >= 4 is 5.97 Å². The van der Waals surface area contributed by atoms with Gasteiger partial charge in [-0.05, 0) is 32.6 Å². The molecule has 0 saturated heterocycles. The van der Waals surface area contributed by atoms with E-state index in [9.17, 15) is 4.79 Å². The van der Waals surface area contributed by atoms with E-state index in [4.69, 9.17) is 5.11 Å². The van der Waals surface area contributed by atoms with Gasteiger partial charge >= 0.3 is 5.97 Å². The highest BCUT2D eigenvalue weighted by Gasteiger charge is 2.17. The van der Waals surface area contributed by atoms with Crippen LogP contribution in [0.25, 0.3) is 0 Å². The molecule has 4 heteroatoms. The van der Waals surface area contributed by atoms with Crippen LogP contribution in [-0.2, 0) is 12.8 Å². The summed E-state index contributed by atoms with van der Waals surface area (Å²) < 4.78 is 0. The summed E-state index contributed by atoms with van der Waals surface area (Å²) in [4.78, 5) is 19.5. The Balaban J connectivity index is 2.47. The third kappa shape index (κ3) is 1.98. The smallest absolute Gasteiger partial charge is 0.356 e. The molecule has 0 aromatic carbocycles. The molecule has 0 bridgehead atoms. The molecule has 0 fully saturated rings. The highest BCUT2D eigenvalue weighted by atomic mass is 16.4. The maximum atomic E-state index is 10.9. The van der Waals surface area contributed by atoms with Crippen molar-refractivity contribution in [3.63, 3.8) is 0 Å². The summed E-state index contributed by atoms with van der Waals surface area (Å²) in [5, 5.41) is 8.94. The second kappa shape index (κ2) is 3.96. The maximum Gasteiger partial charge on any atom is 0.356 e. The van der Waals surface area contributed by atoms with Crippen molar-refractivity contribution in [2.45, 2.75) is 39.0 Å². The molecule has 0 aliphatic heterocycles. The molecule has 0 spiro atoms. The Kier molecular flexibility index (Phi) is 2.66. The molecule has 1 aliphatic rings. The Labute approximate surface area is 88.4 Å². The number of hydrogen-bond acceptors (Lipinski definition) is 3. The Morgan fingerprint density at radius 2 is 1.73 bits per heavy atom. The molecule has 15 heavy (non-hydrogen) atoms. The van der Waals surface area contributed by atoms with E-state index in [0.717, 1.165) is 37.1 Å². The largest absolute Gasteiger partial charge is 0.476 e. The van der Waals surface area contributed by atoms with E-state index in [1.807, 2.05) is 0 Å². The van der Waals surface area contributed by atoms with Crippen molar-refractivity contribution in [2.75, 3.05) is 0 Å². The van der Waals surface area contributed by atoms with Crippen LogP contribution in [0.15, 0.2) is 0 Å². The highest BCUT2D eigenvalue weighted by Crippen LogP contribution is 2.18. The number of rotatable bonds is 1. The number of fused-ring (bicyclic) bond motifs is 1. The van der Waals surface area contributed by atoms with E-state index >= 15 is 0 Å². The van der Waals surface area contributed by atoms with Gasteiger partial charge in [0.25, 0.3) is 0 Å². The minimum atomic E-state index is -0.980. The minimum absolute atomic E-state index is 0.107. The van der Waals surface area contributed by atoms with Gasteiger partial charge in [-0.2, -0.15) is 0 Å². The predicted octanol–water partition coefficient (Wildman–Crippen LogP) is 1.75. The van der Waals surface area contributed by atoms with Crippen LogP contribution in [0.2, 0.25) is 0 Å². The van der Waals surface area contributed by atoms with Crippen LogP contribution in [0.1, 0.15) is 46.8 Å². The number of aromatic carboxylic acids is 1. The SMILES string of the molecule is Cc1nc2c(nc1C(=O)O)CCCCC2. The van der Waals surface area contributed by atoms with Gasteiger partial charge in [0.15, 0.2) is 5.69 Å². The second-order valence-electron chi connectivity index (χ2n) is 3.92. The first-order valence-corrected chi connectivity index (χ1v) is 5.28. The number of hydrogen-bond donors (Lipinski definition) is 1. The Hall–Kier alpha value is -1.45. The van der Waals surface area contributed by atoms with E-state index in [1.165, 1.54) is 6.42 Å². The van der Waals surface area contributed by atoms with Crippen molar-refractivity contribution in [1.82, 2.24) is 9.97 Å². The minimum Gasteiger partial charge on any atom is -0.476 e. The topological polar surface area (TPSA) is 63.1 Å². The predicted molar refractivity (Wildman–Crippen MR) is 55.0 cm³/mol. The molecule has 2 rings (SSSR count). The van der Waals surface area contributed by atoms with Crippen LogP contribution < -0.4 is 0 Å². The lowest BCUT2D eigenvalue weighted by molar-refractivity contribution is 0.0688. The third-order valence-corrected chi connectivity index (χ3v) is 2.75. The average molecular weight is 206 g/mol. The van der Waals surface area contributed by atoms with Gasteiger partial charge in [-0.15, -0.1) is 0 Å². The van der Waals surface area contributed by atoms with E-state index in [0.29, 0.717) is 5.69 Å². The quantitative estimate of drug-likeness (QED) is 0.711. The standard InChI is InChI=1S/C11H14N2O2/c1-7-10(11(14)15)13-9-6-4-2-3-5-8(9)12-7/h2-6H2,1H3,(H,14,15). The lowest BCUT2D eigenvalue weighted by atomic mass is 10.2. The Morgan fingerprint density at radius 1 is 1.13 bits per heavy atom. The molecule has 1 aliphatic carbocycles. The van der Waals surface area contributed by atoms with Crippen molar-refractivity contribution in [3.05, 3.63) is 22.8 Å². The average Bonchev–Trinajstić information content (AvgIpc) is 2.40. The monoisotopic (exact) mass is 206 g/mol. The van der Waals surface area contributed by atoms with Gasteiger partial charge in [-0.3, -0.25) is 4.98 Å². The summed E-state index contributed by atoms with van der Waals surface area (Å²) in [6.45, 7) is 1.71. The first-order valence-electron chi connectivity index (χ1n) is 5.28. The molecule has 1 aromatic rings. The van der Waals surface area contributed by atoms with E-state index in [-0.39, 0.29) is 5.69 Å². The number of carboxylic acid groups (broad SMARTS) is 1. The summed E-state index contributed by atoms with van der Waals surface area (Å²) in [6.07, 6.45) is 5.20. The van der Waals surface area contributed by atoms with Crippen LogP contribution in [-0.4, -0.2) is 21.0 Å². The Morgan fingerprint density at radius 3 is 2.33 bits per heavy atom. The van der Waals surface area contributed by atoms with Crippen molar-refractivity contribution < 1.29 is 9.90 Å². The lowest BCUT2D eigenvalue weighted by Crippen LogP contribution is -2.11. The van der Waals surface area contributed by atoms with Crippen molar-refractivity contribution in [2.24, 2.45) is 0 Å². The fourth-order valence-corrected chi connectivity index (χ4v) is 1.96. The van der Waals surface area contributed by atoms with Crippen molar-refractivity contribution in [1.29, 1.82) is 0 Å². The molecule has 0 unspecified atom stereocenters. The van der Waals surface area contributed by atoms with Gasteiger partial charge in [0, 0.05) is 0 Å². The summed E-state index contributed by atoms with van der Waals surface area (Å²) >= 11 is 0. The first kappa shape index (κ1) is 10.1. The zero-order chi connectivity index (χ0) is 10.8. The number of aromatic nitrogens is 2. The zero-order valence-electron chi connectivity index (χ0n) is 8.79. The van der Waals surface area contributed by atoms with Crippen molar-refractivity contribution in [3.8, 4) is 0 Å². The lowest BCUT2D eigenvalue weighted by Gasteiger charge is -2.07. The third-order valence-electron chi connectivity index (χ3n) is 2.75. The molecule has 0 saturated carbocycles. The summed E-state index contributed by atoms with van der Waals surface area (Å²) in [5.74, 6) is -0.980.